The SMILES string of the molecule is CC1=C(C(=O)Nc2ccc(C)cn2)[C@@H](c2ccc(O)cc2)[C@@H]2C(=O)C[C@@H](C)CC2=N1. The predicted molar refractivity (Wildman–Crippen MR) is 115 cm³/mol. The lowest BCUT2D eigenvalue weighted by Crippen LogP contribution is -2.41. The third kappa shape index (κ3) is 3.77. The summed E-state index contributed by atoms with van der Waals surface area (Å²) in [5.41, 5.74) is 3.75. The van der Waals surface area contributed by atoms with Gasteiger partial charge in [-0.2, -0.15) is 0 Å². The van der Waals surface area contributed by atoms with E-state index in [4.69, 9.17) is 4.99 Å². The van der Waals surface area contributed by atoms with Crippen LogP contribution in [-0.2, 0) is 9.59 Å². The summed E-state index contributed by atoms with van der Waals surface area (Å²) in [5.74, 6) is -0.262. The number of amides is 1. The first kappa shape index (κ1) is 20.0. The van der Waals surface area contributed by atoms with E-state index >= 15 is 0 Å². The molecular formula is C24H25N3O3. The van der Waals surface area contributed by atoms with Gasteiger partial charge in [-0.05, 0) is 55.5 Å². The van der Waals surface area contributed by atoms with Crippen LogP contribution in [0.4, 0.5) is 5.82 Å². The first-order valence-electron chi connectivity index (χ1n) is 10.2. The summed E-state index contributed by atoms with van der Waals surface area (Å²) >= 11 is 0. The topological polar surface area (TPSA) is 91.6 Å². The minimum absolute atomic E-state index is 0.108. The highest BCUT2D eigenvalue weighted by Gasteiger charge is 2.44. The van der Waals surface area contributed by atoms with Gasteiger partial charge in [0.25, 0.3) is 5.91 Å². The first-order chi connectivity index (χ1) is 14.3. The highest BCUT2D eigenvalue weighted by molar-refractivity contribution is 6.14. The molecule has 154 valence electrons. The smallest absolute Gasteiger partial charge is 0.255 e. The number of rotatable bonds is 3. The molecule has 0 unspecified atom stereocenters. The Morgan fingerprint density at radius 3 is 2.47 bits per heavy atom. The molecule has 2 N–H and O–H groups in total. The van der Waals surface area contributed by atoms with Gasteiger partial charge >= 0.3 is 0 Å². The molecular weight excluding hydrogens is 378 g/mol. The van der Waals surface area contributed by atoms with Gasteiger partial charge in [0.05, 0.1) is 5.92 Å². The molecule has 0 spiro atoms. The van der Waals surface area contributed by atoms with Gasteiger partial charge in [0, 0.05) is 35.5 Å². The molecule has 4 rings (SSSR count). The Hall–Kier alpha value is -3.28. The number of nitrogens with zero attached hydrogens (tertiary/aromatic N) is 2. The van der Waals surface area contributed by atoms with Crippen molar-refractivity contribution < 1.29 is 14.7 Å². The minimum atomic E-state index is -0.457. The molecule has 1 aromatic carbocycles. The van der Waals surface area contributed by atoms with Gasteiger partial charge in [0.15, 0.2) is 0 Å². The number of aromatic hydroxyl groups is 1. The number of Topliss-reactive ketones (excluding diaryl/α,β-unsaturated/α-hetero) is 1. The van der Waals surface area contributed by atoms with E-state index < -0.39 is 11.8 Å². The molecule has 1 fully saturated rings. The van der Waals surface area contributed by atoms with E-state index in [9.17, 15) is 14.7 Å². The first-order valence-corrected chi connectivity index (χ1v) is 10.2. The maximum Gasteiger partial charge on any atom is 0.255 e. The average Bonchev–Trinajstić information content (AvgIpc) is 2.69. The Labute approximate surface area is 175 Å². The minimum Gasteiger partial charge on any atom is -0.508 e. The Morgan fingerprint density at radius 1 is 1.07 bits per heavy atom. The van der Waals surface area contributed by atoms with E-state index in [-0.39, 0.29) is 23.4 Å². The summed E-state index contributed by atoms with van der Waals surface area (Å²) in [6, 6.07) is 10.4. The number of phenols is 1. The molecule has 0 bridgehead atoms. The van der Waals surface area contributed by atoms with Crippen molar-refractivity contribution in [2.24, 2.45) is 16.8 Å². The Kier molecular flexibility index (Phi) is 5.24. The molecule has 0 saturated heterocycles. The van der Waals surface area contributed by atoms with Crippen molar-refractivity contribution in [3.63, 3.8) is 0 Å². The number of carbonyl (C=O) groups is 2. The van der Waals surface area contributed by atoms with Gasteiger partial charge in [-0.15, -0.1) is 0 Å². The molecule has 1 aromatic heterocycles. The summed E-state index contributed by atoms with van der Waals surface area (Å²) in [6.45, 7) is 5.80. The number of aromatic nitrogens is 1. The third-order valence-corrected chi connectivity index (χ3v) is 5.81. The molecule has 0 radical (unpaired) electrons. The highest BCUT2D eigenvalue weighted by atomic mass is 16.3. The number of fused-ring (bicyclic) bond motifs is 1. The highest BCUT2D eigenvalue weighted by Crippen LogP contribution is 2.44. The fourth-order valence-electron chi connectivity index (χ4n) is 4.44. The standard InChI is InChI=1S/C24H25N3O3/c1-13-4-9-20(25-12-13)27-24(30)21-15(3)26-18-10-14(2)11-19(29)23(18)22(21)16-5-7-17(28)8-6-16/h4-9,12,14,22-23,28H,10-11H2,1-3H3,(H,25,27,30)/t14-,22+,23-/m0/s1. The predicted octanol–water partition coefficient (Wildman–Crippen LogP) is 4.16. The Bertz CT molecular complexity index is 1050. The largest absolute Gasteiger partial charge is 0.508 e. The summed E-state index contributed by atoms with van der Waals surface area (Å²) in [7, 11) is 0. The molecule has 30 heavy (non-hydrogen) atoms. The van der Waals surface area contributed by atoms with Crippen LogP contribution < -0.4 is 5.32 Å². The Morgan fingerprint density at radius 2 is 1.80 bits per heavy atom. The number of hydrogen-bond acceptors (Lipinski definition) is 5. The third-order valence-electron chi connectivity index (χ3n) is 5.81. The van der Waals surface area contributed by atoms with Crippen LogP contribution in [0.25, 0.3) is 0 Å². The lowest BCUT2D eigenvalue weighted by molar-refractivity contribution is -0.123. The van der Waals surface area contributed by atoms with E-state index in [1.54, 1.807) is 36.5 Å². The number of allylic oxidation sites excluding steroid dienone is 1. The van der Waals surface area contributed by atoms with E-state index in [0.29, 0.717) is 23.5 Å². The maximum absolute atomic E-state index is 13.3. The van der Waals surface area contributed by atoms with Crippen molar-refractivity contribution >= 4 is 23.2 Å². The summed E-state index contributed by atoms with van der Waals surface area (Å²) in [4.78, 5) is 35.3. The molecule has 6 heteroatoms. The number of nitrogens with one attached hydrogen (secondary N) is 1. The Balaban J connectivity index is 1.78. The molecule has 2 aliphatic rings. The van der Waals surface area contributed by atoms with Gasteiger partial charge in [-0.25, -0.2) is 4.98 Å². The van der Waals surface area contributed by atoms with Crippen molar-refractivity contribution in [3.05, 3.63) is 65.0 Å². The van der Waals surface area contributed by atoms with Gasteiger partial charge in [-0.1, -0.05) is 25.1 Å². The number of pyridine rings is 1. The van der Waals surface area contributed by atoms with Crippen molar-refractivity contribution in [1.29, 1.82) is 0 Å². The zero-order valence-electron chi connectivity index (χ0n) is 17.3. The number of aliphatic imine (C=N–C) groups is 1. The van der Waals surface area contributed by atoms with Crippen LogP contribution in [-0.4, -0.2) is 27.5 Å². The van der Waals surface area contributed by atoms with Crippen molar-refractivity contribution in [2.75, 3.05) is 5.32 Å². The number of ketones is 1. The van der Waals surface area contributed by atoms with Crippen LogP contribution in [0.3, 0.4) is 0 Å². The molecule has 3 atom stereocenters. The summed E-state index contributed by atoms with van der Waals surface area (Å²) in [5, 5.41) is 12.6. The van der Waals surface area contributed by atoms with Gasteiger partial charge in [0.1, 0.15) is 17.4 Å². The van der Waals surface area contributed by atoms with Crippen LogP contribution in [0.15, 0.2) is 58.9 Å². The summed E-state index contributed by atoms with van der Waals surface area (Å²) in [6.07, 6.45) is 2.92. The average molecular weight is 403 g/mol. The number of benzene rings is 1. The quantitative estimate of drug-likeness (QED) is 0.805. The molecule has 1 amide bonds. The van der Waals surface area contributed by atoms with E-state index in [2.05, 4.69) is 17.2 Å². The van der Waals surface area contributed by atoms with Crippen LogP contribution in [0.1, 0.15) is 43.7 Å². The molecule has 1 aliphatic heterocycles. The van der Waals surface area contributed by atoms with Crippen molar-refractivity contribution in [2.45, 2.75) is 39.5 Å². The van der Waals surface area contributed by atoms with Gasteiger partial charge < -0.3 is 10.4 Å². The van der Waals surface area contributed by atoms with E-state index in [1.165, 1.54) is 0 Å². The molecule has 6 nitrogen and oxygen atoms in total. The fourth-order valence-corrected chi connectivity index (χ4v) is 4.44. The van der Waals surface area contributed by atoms with Crippen molar-refractivity contribution in [3.8, 4) is 5.75 Å². The zero-order chi connectivity index (χ0) is 21.4. The van der Waals surface area contributed by atoms with E-state index in [0.717, 1.165) is 23.3 Å². The second-order valence-electron chi connectivity index (χ2n) is 8.30. The monoisotopic (exact) mass is 403 g/mol. The number of anilines is 1. The second kappa shape index (κ2) is 7.86. The maximum atomic E-state index is 13.3. The zero-order valence-corrected chi connectivity index (χ0v) is 17.3. The lowest BCUT2D eigenvalue weighted by atomic mass is 9.67. The van der Waals surface area contributed by atoms with Gasteiger partial charge in [-0.3, -0.25) is 14.6 Å². The number of phenolic OH excluding ortho intramolecular Hbond substituents is 1. The van der Waals surface area contributed by atoms with Crippen LogP contribution in [0.5, 0.6) is 5.75 Å². The lowest BCUT2D eigenvalue weighted by Gasteiger charge is -2.37. The second-order valence-corrected chi connectivity index (χ2v) is 8.30. The number of carbonyl (C=O) groups excluding carboxylic acids is 2. The van der Waals surface area contributed by atoms with E-state index in [1.807, 2.05) is 19.9 Å². The molecule has 2 heterocycles. The normalized spacial score (nSPS) is 23.6. The van der Waals surface area contributed by atoms with Gasteiger partial charge in [0.2, 0.25) is 0 Å². The van der Waals surface area contributed by atoms with Crippen molar-refractivity contribution in [1.82, 2.24) is 4.98 Å². The summed E-state index contributed by atoms with van der Waals surface area (Å²) < 4.78 is 0. The number of aryl methyl sites for hydroxylation is 1. The molecule has 1 aliphatic carbocycles. The van der Waals surface area contributed by atoms with Crippen LogP contribution in [0.2, 0.25) is 0 Å². The van der Waals surface area contributed by atoms with Crippen LogP contribution in [0, 0.1) is 18.8 Å². The number of hydrogen-bond donors (Lipinski definition) is 2. The van der Waals surface area contributed by atoms with Crippen LogP contribution >= 0.6 is 0 Å². The fraction of sp³-hybridized carbons (Fsp3) is 0.333. The molecule has 2 aromatic rings. The molecule has 1 saturated carbocycles.